The van der Waals surface area contributed by atoms with E-state index in [1.54, 1.807) is 36.7 Å². The van der Waals surface area contributed by atoms with Gasteiger partial charge in [-0.3, -0.25) is 14.4 Å². The van der Waals surface area contributed by atoms with Gasteiger partial charge >= 0.3 is 6.36 Å². The molecular weight excluding hydrogens is 940 g/mol. The van der Waals surface area contributed by atoms with Crippen molar-refractivity contribution in [2.75, 3.05) is 35.2 Å². The number of nitrogen functional groups attached to an aromatic ring is 1. The van der Waals surface area contributed by atoms with E-state index in [0.717, 1.165) is 24.1 Å². The number of ether oxygens (including phenoxy) is 1. The first kappa shape index (κ1) is 49.4. The highest BCUT2D eigenvalue weighted by atomic mass is 32.1. The minimum Gasteiger partial charge on any atom is -0.507 e. The molecule has 1 saturated carbocycles. The second-order valence-corrected chi connectivity index (χ2v) is 21.0. The van der Waals surface area contributed by atoms with Crippen LogP contribution in [0.2, 0.25) is 0 Å². The molecule has 0 spiro atoms. The van der Waals surface area contributed by atoms with Crippen LogP contribution in [0.5, 0.6) is 11.5 Å². The number of carbonyl (C=O) groups is 3. The summed E-state index contributed by atoms with van der Waals surface area (Å²) < 4.78 is 44.9. The van der Waals surface area contributed by atoms with Crippen LogP contribution in [-0.4, -0.2) is 114 Å². The fourth-order valence-corrected chi connectivity index (χ4v) is 11.4. The number of nitrogens with zero attached hydrogens (tertiary/aromatic N) is 8. The number of para-hydroxylation sites is 1. The number of carbonyl (C=O) groups excluding carboxylic acids is 3. The normalized spacial score (nSPS) is 22.8. The largest absolute Gasteiger partial charge is 0.573 e. The van der Waals surface area contributed by atoms with Crippen LogP contribution in [0.1, 0.15) is 88.5 Å². The number of piperazine rings is 1. The number of alkyl halides is 3. The third-order valence-corrected chi connectivity index (χ3v) is 15.3. The number of rotatable bonds is 12. The Morgan fingerprint density at radius 2 is 1.62 bits per heavy atom. The second-order valence-electron chi connectivity index (χ2n) is 20.1. The van der Waals surface area contributed by atoms with Crippen molar-refractivity contribution in [2.45, 2.75) is 122 Å². The molecule has 9 rings (SSSR count). The van der Waals surface area contributed by atoms with Gasteiger partial charge < -0.3 is 46.0 Å². The summed E-state index contributed by atoms with van der Waals surface area (Å²) in [4.78, 5) is 62.4. The van der Waals surface area contributed by atoms with Gasteiger partial charge in [0.25, 0.3) is 0 Å². The fourth-order valence-electron chi connectivity index (χ4n) is 10.6. The Balaban J connectivity index is 0.796. The summed E-state index contributed by atoms with van der Waals surface area (Å²) >= 11 is 1.27. The van der Waals surface area contributed by atoms with Gasteiger partial charge in [0.1, 0.15) is 23.6 Å². The Kier molecular flexibility index (Phi) is 13.8. The second kappa shape index (κ2) is 19.9. The van der Waals surface area contributed by atoms with Crippen molar-refractivity contribution in [3.05, 3.63) is 83.3 Å². The summed E-state index contributed by atoms with van der Waals surface area (Å²) in [6.07, 6.45) is 2.19. The zero-order valence-corrected chi connectivity index (χ0v) is 40.7. The van der Waals surface area contributed by atoms with Crippen LogP contribution in [0.25, 0.3) is 21.7 Å². The molecule has 3 aromatic heterocycles. The Bertz CT molecular complexity index is 2750. The number of hydrogen-bond donors (Lipinski definition) is 5. The summed E-state index contributed by atoms with van der Waals surface area (Å²) in [5, 5.41) is 35.3. The number of aliphatic hydroxyl groups is 1. The molecule has 6 heterocycles. The molecule has 376 valence electrons. The van der Waals surface area contributed by atoms with Crippen molar-refractivity contribution < 1.29 is 42.5 Å². The number of β-amino-alcohol motifs (C(OH)–C–C–N with tert-alkyl or cyclic N) is 1. The van der Waals surface area contributed by atoms with E-state index in [1.165, 1.54) is 28.4 Å². The van der Waals surface area contributed by atoms with Crippen LogP contribution in [0.3, 0.4) is 0 Å². The van der Waals surface area contributed by atoms with Crippen molar-refractivity contribution in [1.82, 2.24) is 40.7 Å². The van der Waals surface area contributed by atoms with Gasteiger partial charge in [0.2, 0.25) is 23.7 Å². The number of amides is 3. The van der Waals surface area contributed by atoms with E-state index < -0.39 is 47.5 Å². The molecule has 2 bridgehead atoms. The van der Waals surface area contributed by atoms with Gasteiger partial charge in [-0.1, -0.05) is 45.0 Å². The maximum atomic E-state index is 14.4. The standard InChI is InChI=1S/C50H58F3N11O6S/c1-27-42(71-26-58-27)30-13-14-31(41(17-30)70-50(51,52)53)20-55-46(68)39-18-35(65)25-63(39)47(69)43(49(2,3)4)59-45(67)29-11-9-28(10-12-29)32-21-56-48(57-22-32)64-33-15-16-34(64)24-62(23-33)38-19-37(60-61-44(38)54)36-7-5-6-8-40(36)66/h5-8,13-14,17,19,21-22,26,28-29,33-35,39,43,65-66H,9-12,15-16,18,20,23-25H2,1-4H3,(H2,54,61)(H,55,68)(H,59,67)/t28?,29?,33?,34?,35-,39+,43-/m1/s1. The summed E-state index contributed by atoms with van der Waals surface area (Å²) in [5.74, 6) is -1.06. The fraction of sp³-hybridized carbons (Fsp3) is 0.480. The Labute approximate surface area is 413 Å². The third-order valence-electron chi connectivity index (χ3n) is 14.3. The van der Waals surface area contributed by atoms with Gasteiger partial charge in [-0.15, -0.1) is 34.7 Å². The number of nitrogens with one attached hydrogen (secondary N) is 2. The third kappa shape index (κ3) is 10.7. The van der Waals surface area contributed by atoms with E-state index in [4.69, 9.17) is 15.7 Å². The van der Waals surface area contributed by atoms with Gasteiger partial charge in [0, 0.05) is 74.1 Å². The number of benzene rings is 2. The first-order valence-electron chi connectivity index (χ1n) is 23.9. The number of aromatic nitrogens is 5. The Morgan fingerprint density at radius 1 is 0.915 bits per heavy atom. The van der Waals surface area contributed by atoms with Crippen molar-refractivity contribution in [2.24, 2.45) is 11.3 Å². The van der Waals surface area contributed by atoms with Crippen LogP contribution in [0, 0.1) is 18.3 Å². The zero-order valence-electron chi connectivity index (χ0n) is 39.9. The monoisotopic (exact) mass is 997 g/mol. The van der Waals surface area contributed by atoms with E-state index in [2.05, 4.69) is 40.4 Å². The van der Waals surface area contributed by atoms with Crippen LogP contribution >= 0.6 is 11.3 Å². The van der Waals surface area contributed by atoms with Crippen molar-refractivity contribution in [3.8, 4) is 33.2 Å². The Morgan fingerprint density at radius 3 is 2.27 bits per heavy atom. The molecule has 71 heavy (non-hydrogen) atoms. The van der Waals surface area contributed by atoms with Gasteiger partial charge in [0.05, 0.1) is 33.6 Å². The molecule has 21 heteroatoms. The maximum absolute atomic E-state index is 14.4. The lowest BCUT2D eigenvalue weighted by Gasteiger charge is -2.42. The average molecular weight is 998 g/mol. The predicted octanol–water partition coefficient (Wildman–Crippen LogP) is 6.49. The quantitative estimate of drug-likeness (QED) is 0.0901. The Hall–Kier alpha value is -6.61. The highest BCUT2D eigenvalue weighted by Crippen LogP contribution is 2.41. The molecule has 1 aliphatic carbocycles. The van der Waals surface area contributed by atoms with E-state index in [-0.39, 0.29) is 60.6 Å². The number of aromatic hydroxyl groups is 1. The lowest BCUT2D eigenvalue weighted by Crippen LogP contribution is -2.58. The minimum absolute atomic E-state index is 0.0586. The highest BCUT2D eigenvalue weighted by Gasteiger charge is 2.46. The van der Waals surface area contributed by atoms with Crippen molar-refractivity contribution >= 4 is 46.5 Å². The summed E-state index contributed by atoms with van der Waals surface area (Å²) in [7, 11) is 0. The first-order valence-corrected chi connectivity index (χ1v) is 24.8. The van der Waals surface area contributed by atoms with Gasteiger partial charge in [-0.25, -0.2) is 15.0 Å². The molecule has 2 unspecified atom stereocenters. The molecule has 5 aromatic rings. The molecule has 0 radical (unpaired) electrons. The number of likely N-dealkylation sites (tertiary alicyclic amines) is 1. The number of fused-ring (bicyclic) bond motifs is 2. The lowest BCUT2D eigenvalue weighted by molar-refractivity contribution is -0.274. The molecule has 4 aliphatic rings. The van der Waals surface area contributed by atoms with Gasteiger partial charge in [-0.2, -0.15) is 0 Å². The number of aliphatic hydroxyl groups excluding tert-OH is 1. The maximum Gasteiger partial charge on any atom is 0.573 e. The number of phenols is 1. The lowest BCUT2D eigenvalue weighted by atomic mass is 9.78. The van der Waals surface area contributed by atoms with E-state index in [9.17, 15) is 37.8 Å². The highest BCUT2D eigenvalue weighted by molar-refractivity contribution is 7.13. The number of phenolic OH excluding ortho intramolecular Hbond substituents is 1. The van der Waals surface area contributed by atoms with Crippen molar-refractivity contribution in [1.29, 1.82) is 0 Å². The molecule has 3 amide bonds. The number of anilines is 3. The molecule has 2 aromatic carbocycles. The van der Waals surface area contributed by atoms with Crippen LogP contribution in [-0.2, 0) is 20.9 Å². The SMILES string of the molecule is Cc1ncsc1-c1ccc(CNC(=O)[C@@H]2C[C@@H](O)CN2C(=O)[C@@H](NC(=O)C2CCC(c3cnc(N4C5CCC4CN(c4cc(-c6ccccc6O)nnc4N)C5)nc3)CC2)C(C)(C)C)c(OC(F)(F)F)c1. The van der Waals surface area contributed by atoms with Crippen LogP contribution in [0.4, 0.5) is 30.6 Å². The summed E-state index contributed by atoms with van der Waals surface area (Å²) in [5.41, 5.74) is 11.2. The van der Waals surface area contributed by atoms with Gasteiger partial charge in [0.15, 0.2) is 5.82 Å². The van der Waals surface area contributed by atoms with E-state index >= 15 is 0 Å². The smallest absolute Gasteiger partial charge is 0.507 e. The summed E-state index contributed by atoms with van der Waals surface area (Å²) in [6, 6.07) is 11.3. The predicted molar refractivity (Wildman–Crippen MR) is 260 cm³/mol. The number of aryl methyl sites for hydroxylation is 1. The van der Waals surface area contributed by atoms with E-state index in [1.807, 2.05) is 45.3 Å². The number of nitrogens with two attached hydrogens (primary N) is 1. The number of thiazole rings is 1. The molecule has 5 atom stereocenters. The molecule has 4 fully saturated rings. The van der Waals surface area contributed by atoms with Crippen LogP contribution < -0.4 is 30.9 Å². The molecule has 3 aliphatic heterocycles. The van der Waals surface area contributed by atoms with Gasteiger partial charge in [-0.05, 0) is 92.2 Å². The first-order chi connectivity index (χ1) is 33.8. The topological polar surface area (TPSA) is 225 Å². The van der Waals surface area contributed by atoms with E-state index in [0.29, 0.717) is 77.9 Å². The minimum atomic E-state index is -4.99. The number of halogens is 3. The molecule has 17 nitrogen and oxygen atoms in total. The van der Waals surface area contributed by atoms with Crippen LogP contribution in [0.15, 0.2) is 66.4 Å². The molecular formula is C50H58F3N11O6S. The average Bonchev–Trinajstić information content (AvgIpc) is 4.03. The zero-order chi connectivity index (χ0) is 50.4. The molecule has 3 saturated heterocycles. The van der Waals surface area contributed by atoms with Crippen molar-refractivity contribution in [3.63, 3.8) is 0 Å². The number of hydrogen-bond acceptors (Lipinski definition) is 15. The summed E-state index contributed by atoms with van der Waals surface area (Å²) in [6.45, 7) is 8.07. The molecule has 6 N–H and O–H groups in total.